The summed E-state index contributed by atoms with van der Waals surface area (Å²) >= 11 is 0. The zero-order chi connectivity index (χ0) is 21.8. The molecular formula is C27H41N3. The standard InChI is InChI=1S/C27H41N3/c1-6-10-22(3)21-30(5)29-19-17-23(4)25-15-13-24(14-16-25)20-26-11-8-9-12-27(26)28-18-7-2/h2,6,9-10,12,18,21,23-25,29H,8,11,13-17,19-20H2,1,3-5H3/b10-6-,22-21-,28-18-. The summed E-state index contributed by atoms with van der Waals surface area (Å²) in [5, 5.41) is 2.09. The van der Waals surface area contributed by atoms with Crippen molar-refractivity contribution in [2.45, 2.75) is 72.1 Å². The fourth-order valence-corrected chi connectivity index (χ4v) is 4.82. The van der Waals surface area contributed by atoms with Crippen molar-refractivity contribution < 1.29 is 0 Å². The zero-order valence-corrected chi connectivity index (χ0v) is 19.5. The number of rotatable bonds is 10. The lowest BCUT2D eigenvalue weighted by molar-refractivity contribution is 0.196. The van der Waals surface area contributed by atoms with Crippen LogP contribution in [-0.4, -0.2) is 24.8 Å². The molecule has 2 rings (SSSR count). The second-order valence-corrected chi connectivity index (χ2v) is 9.00. The summed E-state index contributed by atoms with van der Waals surface area (Å²) < 4.78 is 0. The van der Waals surface area contributed by atoms with Crippen molar-refractivity contribution in [2.75, 3.05) is 13.6 Å². The van der Waals surface area contributed by atoms with E-state index in [9.17, 15) is 0 Å². The van der Waals surface area contributed by atoms with E-state index in [-0.39, 0.29) is 0 Å². The lowest BCUT2D eigenvalue weighted by Gasteiger charge is -2.33. The molecule has 0 saturated heterocycles. The van der Waals surface area contributed by atoms with Crippen LogP contribution in [0, 0.1) is 30.1 Å². The van der Waals surface area contributed by atoms with Crippen LogP contribution in [0.25, 0.3) is 0 Å². The molecule has 0 spiro atoms. The van der Waals surface area contributed by atoms with Crippen molar-refractivity contribution in [3.8, 4) is 12.3 Å². The van der Waals surface area contributed by atoms with Crippen LogP contribution < -0.4 is 5.43 Å². The van der Waals surface area contributed by atoms with Crippen molar-refractivity contribution in [3.05, 3.63) is 47.3 Å². The highest BCUT2D eigenvalue weighted by Crippen LogP contribution is 2.38. The maximum Gasteiger partial charge on any atom is 0.0771 e. The van der Waals surface area contributed by atoms with Gasteiger partial charge in [0.2, 0.25) is 0 Å². The molecule has 1 N–H and O–H groups in total. The SMILES string of the molecule is C#C/C=N\C1=C(CC2CCC(C(C)CCNN(C)/C=C(C)\C=C/C)CC2)CCC=C1. The van der Waals surface area contributed by atoms with E-state index >= 15 is 0 Å². The Labute approximate surface area is 185 Å². The Bertz CT molecular complexity index is 709. The third kappa shape index (κ3) is 8.36. The van der Waals surface area contributed by atoms with Gasteiger partial charge in [0.25, 0.3) is 0 Å². The van der Waals surface area contributed by atoms with E-state index < -0.39 is 0 Å². The monoisotopic (exact) mass is 407 g/mol. The van der Waals surface area contributed by atoms with Gasteiger partial charge in [0.15, 0.2) is 0 Å². The van der Waals surface area contributed by atoms with E-state index in [0.29, 0.717) is 0 Å². The summed E-state index contributed by atoms with van der Waals surface area (Å²) in [4.78, 5) is 4.48. The molecule has 2 aliphatic carbocycles. The average molecular weight is 408 g/mol. The number of allylic oxidation sites excluding steroid dienone is 6. The second kappa shape index (κ2) is 13.3. The highest BCUT2D eigenvalue weighted by molar-refractivity contribution is 5.78. The molecule has 0 amide bonds. The fourth-order valence-electron chi connectivity index (χ4n) is 4.82. The first-order chi connectivity index (χ1) is 14.5. The van der Waals surface area contributed by atoms with Crippen molar-refractivity contribution in [1.82, 2.24) is 10.4 Å². The summed E-state index contributed by atoms with van der Waals surface area (Å²) in [6.07, 6.45) is 27.8. The number of nitrogens with zero attached hydrogens (tertiary/aromatic N) is 2. The van der Waals surface area contributed by atoms with Crippen LogP contribution in [0.4, 0.5) is 0 Å². The first kappa shape index (κ1) is 24.2. The second-order valence-electron chi connectivity index (χ2n) is 9.00. The lowest BCUT2D eigenvalue weighted by atomic mass is 9.73. The Morgan fingerprint density at radius 1 is 1.37 bits per heavy atom. The minimum Gasteiger partial charge on any atom is -0.318 e. The lowest BCUT2D eigenvalue weighted by Crippen LogP contribution is -2.32. The maximum atomic E-state index is 5.34. The number of nitrogens with one attached hydrogen (secondary N) is 1. The van der Waals surface area contributed by atoms with Gasteiger partial charge >= 0.3 is 0 Å². The molecule has 3 nitrogen and oxygen atoms in total. The van der Waals surface area contributed by atoms with Gasteiger partial charge in [-0.15, -0.1) is 6.42 Å². The molecular weight excluding hydrogens is 366 g/mol. The van der Waals surface area contributed by atoms with Gasteiger partial charge in [-0.05, 0) is 100 Å². The van der Waals surface area contributed by atoms with Gasteiger partial charge in [-0.25, -0.2) is 10.4 Å². The van der Waals surface area contributed by atoms with Gasteiger partial charge < -0.3 is 5.01 Å². The summed E-state index contributed by atoms with van der Waals surface area (Å²) in [5.74, 6) is 4.98. The number of aliphatic imine (C=N–C) groups is 1. The third-order valence-electron chi connectivity index (χ3n) is 6.55. The van der Waals surface area contributed by atoms with Crippen molar-refractivity contribution in [2.24, 2.45) is 22.7 Å². The molecule has 164 valence electrons. The first-order valence-corrected chi connectivity index (χ1v) is 11.7. The molecule has 1 saturated carbocycles. The van der Waals surface area contributed by atoms with Gasteiger partial charge in [-0.1, -0.05) is 31.1 Å². The molecule has 0 heterocycles. The van der Waals surface area contributed by atoms with Gasteiger partial charge in [0.1, 0.15) is 0 Å². The highest BCUT2D eigenvalue weighted by Gasteiger charge is 2.26. The van der Waals surface area contributed by atoms with E-state index in [1.165, 1.54) is 49.7 Å². The van der Waals surface area contributed by atoms with E-state index in [4.69, 9.17) is 6.42 Å². The Morgan fingerprint density at radius 2 is 2.13 bits per heavy atom. The molecule has 1 unspecified atom stereocenters. The smallest absolute Gasteiger partial charge is 0.0771 e. The predicted octanol–water partition coefficient (Wildman–Crippen LogP) is 6.43. The summed E-state index contributed by atoms with van der Waals surface area (Å²) in [6, 6.07) is 0. The Kier molecular flexibility index (Phi) is 10.7. The molecule has 0 aliphatic heterocycles. The fraction of sp³-hybridized carbons (Fsp3) is 0.593. The van der Waals surface area contributed by atoms with E-state index in [1.807, 2.05) is 0 Å². The molecule has 0 aromatic rings. The minimum atomic E-state index is 0.778. The Morgan fingerprint density at radius 3 is 2.83 bits per heavy atom. The number of hydrogen-bond donors (Lipinski definition) is 1. The molecule has 30 heavy (non-hydrogen) atoms. The van der Waals surface area contributed by atoms with Crippen LogP contribution in [-0.2, 0) is 0 Å². The van der Waals surface area contributed by atoms with Crippen molar-refractivity contribution >= 4 is 6.21 Å². The average Bonchev–Trinajstić information content (AvgIpc) is 2.73. The number of terminal acetylenes is 1. The van der Waals surface area contributed by atoms with Crippen molar-refractivity contribution in [1.29, 1.82) is 0 Å². The van der Waals surface area contributed by atoms with Crippen LogP contribution in [0.2, 0.25) is 0 Å². The Hall–Kier alpha value is -2.05. The summed E-state index contributed by atoms with van der Waals surface area (Å²) in [6.45, 7) is 7.65. The van der Waals surface area contributed by atoms with Crippen LogP contribution in [0.5, 0.6) is 0 Å². The normalized spacial score (nSPS) is 23.9. The molecule has 0 aromatic carbocycles. The molecule has 1 fully saturated rings. The maximum absolute atomic E-state index is 5.34. The molecule has 0 radical (unpaired) electrons. The quantitative estimate of drug-likeness (QED) is 0.195. The number of hydrogen-bond acceptors (Lipinski definition) is 3. The van der Waals surface area contributed by atoms with Crippen molar-refractivity contribution in [3.63, 3.8) is 0 Å². The Balaban J connectivity index is 1.74. The van der Waals surface area contributed by atoms with Crippen LogP contribution in [0.3, 0.4) is 0 Å². The first-order valence-electron chi connectivity index (χ1n) is 11.7. The molecule has 2 aliphatic rings. The van der Waals surface area contributed by atoms with Gasteiger partial charge in [-0.2, -0.15) is 0 Å². The minimum absolute atomic E-state index is 0.778. The van der Waals surface area contributed by atoms with E-state index in [0.717, 1.165) is 42.8 Å². The summed E-state index contributed by atoms with van der Waals surface area (Å²) in [5.41, 5.74) is 7.39. The molecule has 3 heteroatoms. The van der Waals surface area contributed by atoms with E-state index in [1.54, 1.807) is 6.21 Å². The molecule has 1 atom stereocenters. The third-order valence-corrected chi connectivity index (χ3v) is 6.55. The number of hydrazine groups is 1. The zero-order valence-electron chi connectivity index (χ0n) is 19.5. The van der Waals surface area contributed by atoms with Crippen LogP contribution in [0.1, 0.15) is 72.1 Å². The van der Waals surface area contributed by atoms with Gasteiger partial charge in [0, 0.05) is 19.8 Å². The molecule has 0 aromatic heterocycles. The molecule has 0 bridgehead atoms. The highest BCUT2D eigenvalue weighted by atomic mass is 15.5. The van der Waals surface area contributed by atoms with Gasteiger partial charge in [-0.3, -0.25) is 0 Å². The van der Waals surface area contributed by atoms with Crippen LogP contribution >= 0.6 is 0 Å². The van der Waals surface area contributed by atoms with E-state index in [2.05, 4.69) is 79.7 Å². The summed E-state index contributed by atoms with van der Waals surface area (Å²) in [7, 11) is 2.08. The van der Waals surface area contributed by atoms with Gasteiger partial charge in [0.05, 0.1) is 11.9 Å². The largest absolute Gasteiger partial charge is 0.318 e. The predicted molar refractivity (Wildman–Crippen MR) is 131 cm³/mol. The van der Waals surface area contributed by atoms with Crippen LogP contribution in [0.15, 0.2) is 52.3 Å². The topological polar surface area (TPSA) is 27.6 Å².